The fourth-order valence-electron chi connectivity index (χ4n) is 3.91. The van der Waals surface area contributed by atoms with Crippen molar-refractivity contribution in [2.75, 3.05) is 5.32 Å². The van der Waals surface area contributed by atoms with Crippen LogP contribution in [-0.4, -0.2) is 30.0 Å². The van der Waals surface area contributed by atoms with Crippen LogP contribution in [0.15, 0.2) is 64.9 Å². The number of benzene rings is 1. The predicted molar refractivity (Wildman–Crippen MR) is 130 cm³/mol. The molecule has 1 aromatic carbocycles. The van der Waals surface area contributed by atoms with E-state index in [0.29, 0.717) is 34.5 Å². The second-order valence-corrected chi connectivity index (χ2v) is 8.57. The molecule has 4 aromatic heterocycles. The monoisotopic (exact) mass is 458 g/mol. The number of rotatable bonds is 5. The molecule has 4 heterocycles. The minimum atomic E-state index is -0.373. The zero-order chi connectivity index (χ0) is 23.1. The van der Waals surface area contributed by atoms with Crippen LogP contribution in [0.3, 0.4) is 0 Å². The number of fused-ring (bicyclic) bond motifs is 1. The van der Waals surface area contributed by atoms with E-state index in [0.717, 1.165) is 10.6 Å². The molecule has 0 radical (unpaired) electrons. The summed E-state index contributed by atoms with van der Waals surface area (Å²) in [5.74, 6) is -0.373. The minimum Gasteiger partial charge on any atom is -0.316 e. The lowest BCUT2D eigenvalue weighted by Gasteiger charge is -2.08. The van der Waals surface area contributed by atoms with Crippen molar-refractivity contribution in [3.05, 3.63) is 81.7 Å². The predicted octanol–water partition coefficient (Wildman–Crippen LogP) is 4.23. The fraction of sp³-hybridized carbons (Fsp3) is 0.167. The largest absolute Gasteiger partial charge is 0.316 e. The van der Waals surface area contributed by atoms with Crippen molar-refractivity contribution in [2.24, 2.45) is 7.05 Å². The van der Waals surface area contributed by atoms with E-state index in [1.165, 1.54) is 0 Å². The van der Waals surface area contributed by atoms with E-state index < -0.39 is 0 Å². The molecule has 0 unspecified atom stereocenters. The van der Waals surface area contributed by atoms with Crippen LogP contribution in [0.1, 0.15) is 23.0 Å². The van der Waals surface area contributed by atoms with Gasteiger partial charge in [0.05, 0.1) is 39.1 Å². The van der Waals surface area contributed by atoms with Crippen LogP contribution in [0.5, 0.6) is 0 Å². The Morgan fingerprint density at radius 3 is 2.64 bits per heavy atom. The van der Waals surface area contributed by atoms with E-state index >= 15 is 0 Å². The van der Waals surface area contributed by atoms with Gasteiger partial charge in [0.1, 0.15) is 5.69 Å². The molecule has 5 rings (SSSR count). The summed E-state index contributed by atoms with van der Waals surface area (Å²) in [6.07, 6.45) is 1.65. The number of pyridine rings is 1. The molecule has 0 atom stereocenters. The summed E-state index contributed by atoms with van der Waals surface area (Å²) in [6.45, 7) is 4.42. The Labute approximate surface area is 193 Å². The lowest BCUT2D eigenvalue weighted by molar-refractivity contribution is 0.102. The molecule has 0 saturated heterocycles. The first-order chi connectivity index (χ1) is 16.0. The lowest BCUT2D eigenvalue weighted by Crippen LogP contribution is -2.23. The van der Waals surface area contributed by atoms with Gasteiger partial charge in [-0.15, -0.1) is 11.3 Å². The van der Waals surface area contributed by atoms with Gasteiger partial charge in [0, 0.05) is 13.6 Å². The van der Waals surface area contributed by atoms with Crippen LogP contribution in [0.4, 0.5) is 5.69 Å². The maximum Gasteiger partial charge on any atom is 0.295 e. The Hall–Kier alpha value is -3.98. The van der Waals surface area contributed by atoms with Crippen molar-refractivity contribution in [1.29, 1.82) is 0 Å². The summed E-state index contributed by atoms with van der Waals surface area (Å²) in [5, 5.41) is 9.86. The van der Waals surface area contributed by atoms with Gasteiger partial charge in [0.15, 0.2) is 5.65 Å². The molecule has 0 saturated carbocycles. The van der Waals surface area contributed by atoms with Crippen LogP contribution in [-0.2, 0) is 13.6 Å². The van der Waals surface area contributed by atoms with E-state index in [1.807, 2.05) is 61.7 Å². The zero-order valence-corrected chi connectivity index (χ0v) is 19.3. The summed E-state index contributed by atoms with van der Waals surface area (Å²) < 4.78 is 5.04. The highest BCUT2D eigenvalue weighted by molar-refractivity contribution is 7.13. The summed E-state index contributed by atoms with van der Waals surface area (Å²) in [6, 6.07) is 15.0. The topological polar surface area (TPSA) is 86.7 Å². The van der Waals surface area contributed by atoms with Crippen molar-refractivity contribution in [2.45, 2.75) is 20.4 Å². The van der Waals surface area contributed by atoms with Crippen LogP contribution in [0.2, 0.25) is 0 Å². The molecule has 8 nitrogen and oxygen atoms in total. The van der Waals surface area contributed by atoms with Crippen molar-refractivity contribution in [3.63, 3.8) is 0 Å². The van der Waals surface area contributed by atoms with E-state index in [2.05, 4.69) is 10.4 Å². The number of aryl methyl sites for hydroxylation is 1. The molecule has 5 aromatic rings. The number of amides is 1. The number of nitrogens with one attached hydrogen (secondary N) is 1. The van der Waals surface area contributed by atoms with E-state index in [9.17, 15) is 9.59 Å². The van der Waals surface area contributed by atoms with Gasteiger partial charge in [-0.05, 0) is 43.5 Å². The van der Waals surface area contributed by atoms with Crippen LogP contribution in [0, 0.1) is 6.92 Å². The number of hydrogen-bond acceptors (Lipinski definition) is 5. The lowest BCUT2D eigenvalue weighted by atomic mass is 10.1. The first kappa shape index (κ1) is 20.9. The molecule has 166 valence electrons. The first-order valence-corrected chi connectivity index (χ1v) is 11.4. The number of carbonyl (C=O) groups excluding carboxylic acids is 1. The Morgan fingerprint density at radius 1 is 1.15 bits per heavy atom. The van der Waals surface area contributed by atoms with E-state index in [-0.39, 0.29) is 17.2 Å². The van der Waals surface area contributed by atoms with E-state index in [1.54, 1.807) is 44.7 Å². The smallest absolute Gasteiger partial charge is 0.295 e. The number of thiophene rings is 1. The van der Waals surface area contributed by atoms with Gasteiger partial charge in [-0.1, -0.05) is 24.3 Å². The van der Waals surface area contributed by atoms with Crippen molar-refractivity contribution >= 4 is 34.0 Å². The molecule has 33 heavy (non-hydrogen) atoms. The van der Waals surface area contributed by atoms with Gasteiger partial charge >= 0.3 is 0 Å². The highest BCUT2D eigenvalue weighted by atomic mass is 32.1. The van der Waals surface area contributed by atoms with Crippen LogP contribution in [0.25, 0.3) is 27.3 Å². The third-order valence-corrected chi connectivity index (χ3v) is 6.61. The SMILES string of the molecule is CCn1ncc2c(C(=O)Nc3c(C)n(C)n(-c4ccccc4)c3=O)cc(-c3cccs3)nc21. The quantitative estimate of drug-likeness (QED) is 0.427. The van der Waals surface area contributed by atoms with E-state index in [4.69, 9.17) is 4.98 Å². The molecule has 0 fully saturated rings. The summed E-state index contributed by atoms with van der Waals surface area (Å²) in [7, 11) is 1.80. The standard InChI is InChI=1S/C24H22N6O2S/c1-4-29-22-18(14-25-29)17(13-19(26-22)20-11-8-12-33-20)23(31)27-21-15(2)28(3)30(24(21)32)16-9-6-5-7-10-16/h5-14H,4H2,1-3H3,(H,27,31). The van der Waals surface area contributed by atoms with Gasteiger partial charge in [0.25, 0.3) is 11.5 Å². The fourth-order valence-corrected chi connectivity index (χ4v) is 4.60. The van der Waals surface area contributed by atoms with Gasteiger partial charge < -0.3 is 5.32 Å². The Bertz CT molecular complexity index is 1530. The second kappa shape index (κ2) is 8.18. The highest BCUT2D eigenvalue weighted by Gasteiger charge is 2.22. The van der Waals surface area contributed by atoms with Gasteiger partial charge in [0.2, 0.25) is 0 Å². The van der Waals surface area contributed by atoms with Gasteiger partial charge in [-0.3, -0.25) is 14.3 Å². The third kappa shape index (κ3) is 3.46. The number of anilines is 1. The normalized spacial score (nSPS) is 11.2. The third-order valence-electron chi connectivity index (χ3n) is 5.72. The number of aromatic nitrogens is 5. The Kier molecular flexibility index (Phi) is 5.18. The molecule has 9 heteroatoms. The Morgan fingerprint density at radius 2 is 1.94 bits per heavy atom. The highest BCUT2D eigenvalue weighted by Crippen LogP contribution is 2.28. The summed E-state index contributed by atoms with van der Waals surface area (Å²) in [4.78, 5) is 32.4. The molecule has 0 aliphatic rings. The molecule has 0 bridgehead atoms. The average molecular weight is 459 g/mol. The number of nitrogens with zero attached hydrogens (tertiary/aromatic N) is 5. The maximum absolute atomic E-state index is 13.5. The molecule has 1 amide bonds. The van der Waals surface area contributed by atoms with Crippen molar-refractivity contribution < 1.29 is 4.79 Å². The molecule has 0 aliphatic heterocycles. The Balaban J connectivity index is 1.61. The second-order valence-electron chi connectivity index (χ2n) is 7.62. The van der Waals surface area contributed by atoms with Crippen LogP contribution < -0.4 is 10.9 Å². The maximum atomic E-state index is 13.5. The summed E-state index contributed by atoms with van der Waals surface area (Å²) in [5.41, 5.74) is 3.11. The molecule has 1 N–H and O–H groups in total. The number of carbonyl (C=O) groups is 1. The number of para-hydroxylation sites is 1. The molecular weight excluding hydrogens is 436 g/mol. The number of hydrogen-bond donors (Lipinski definition) is 1. The van der Waals surface area contributed by atoms with Crippen molar-refractivity contribution in [3.8, 4) is 16.3 Å². The van der Waals surface area contributed by atoms with Gasteiger partial charge in [-0.2, -0.15) is 5.10 Å². The molecular formula is C24H22N6O2S. The summed E-state index contributed by atoms with van der Waals surface area (Å²) >= 11 is 1.55. The zero-order valence-electron chi connectivity index (χ0n) is 18.4. The molecule has 0 spiro atoms. The molecule has 0 aliphatic carbocycles. The average Bonchev–Trinajstić information content (AvgIpc) is 3.55. The van der Waals surface area contributed by atoms with Gasteiger partial charge in [-0.25, -0.2) is 14.3 Å². The van der Waals surface area contributed by atoms with Crippen LogP contribution >= 0.6 is 11.3 Å². The van der Waals surface area contributed by atoms with Crippen molar-refractivity contribution in [1.82, 2.24) is 24.1 Å². The minimum absolute atomic E-state index is 0.247. The first-order valence-electron chi connectivity index (χ1n) is 10.6.